The zero-order chi connectivity index (χ0) is 15.6. The Morgan fingerprint density at radius 1 is 1.09 bits per heavy atom. The predicted molar refractivity (Wildman–Crippen MR) is 94.6 cm³/mol. The summed E-state index contributed by atoms with van der Waals surface area (Å²) in [4.78, 5) is 19.1. The van der Waals surface area contributed by atoms with Crippen molar-refractivity contribution in [2.24, 2.45) is 5.92 Å². The molecule has 0 N–H and O–H groups in total. The zero-order valence-electron chi connectivity index (χ0n) is 14.0. The summed E-state index contributed by atoms with van der Waals surface area (Å²) in [5.41, 5.74) is 0. The Kier molecular flexibility index (Phi) is 4.72. The quantitative estimate of drug-likeness (QED) is 0.833. The van der Waals surface area contributed by atoms with Crippen molar-refractivity contribution in [2.45, 2.75) is 63.5 Å². The molecule has 126 valence electrons. The summed E-state index contributed by atoms with van der Waals surface area (Å²) in [6.45, 7) is 2.71. The Bertz CT molecular complexity index is 527. The highest BCUT2D eigenvalue weighted by molar-refractivity contribution is 7.10. The van der Waals surface area contributed by atoms with E-state index in [1.54, 1.807) is 0 Å². The summed E-state index contributed by atoms with van der Waals surface area (Å²) >= 11 is 1.84. The molecular formula is C19H28N2OS. The molecule has 2 aliphatic heterocycles. The van der Waals surface area contributed by atoms with Crippen molar-refractivity contribution >= 4 is 17.2 Å². The summed E-state index contributed by atoms with van der Waals surface area (Å²) in [7, 11) is 0. The van der Waals surface area contributed by atoms with E-state index in [1.807, 2.05) is 11.3 Å². The van der Waals surface area contributed by atoms with Gasteiger partial charge in [0.15, 0.2) is 0 Å². The highest BCUT2D eigenvalue weighted by Gasteiger charge is 2.37. The maximum absolute atomic E-state index is 13.0. The van der Waals surface area contributed by atoms with Crippen LogP contribution < -0.4 is 0 Å². The fraction of sp³-hybridized carbons (Fsp3) is 0.737. The Morgan fingerprint density at radius 2 is 1.91 bits per heavy atom. The first kappa shape index (κ1) is 15.6. The number of carbonyl (C=O) groups excluding carboxylic acids is 1. The second-order valence-corrected chi connectivity index (χ2v) is 8.46. The van der Waals surface area contributed by atoms with Crippen LogP contribution in [-0.2, 0) is 4.79 Å². The molecule has 4 rings (SSSR count). The van der Waals surface area contributed by atoms with E-state index >= 15 is 0 Å². The lowest BCUT2D eigenvalue weighted by Crippen LogP contribution is -2.52. The van der Waals surface area contributed by atoms with Crippen molar-refractivity contribution in [3.8, 4) is 0 Å². The van der Waals surface area contributed by atoms with Gasteiger partial charge < -0.3 is 4.90 Å². The zero-order valence-corrected chi connectivity index (χ0v) is 14.8. The smallest absolute Gasteiger partial charge is 0.237 e. The molecule has 4 heteroatoms. The molecule has 1 aromatic heterocycles. The fourth-order valence-electron chi connectivity index (χ4n) is 5.02. The lowest BCUT2D eigenvalue weighted by molar-refractivity contribution is -0.139. The van der Waals surface area contributed by atoms with Crippen LogP contribution in [0.25, 0.3) is 0 Å². The van der Waals surface area contributed by atoms with E-state index in [2.05, 4.69) is 27.3 Å². The van der Waals surface area contributed by atoms with Crippen LogP contribution in [0.1, 0.15) is 62.3 Å². The maximum Gasteiger partial charge on any atom is 0.237 e. The first-order chi connectivity index (χ1) is 11.3. The Balaban J connectivity index is 1.42. The molecule has 0 aromatic carbocycles. The standard InChI is InChI=1S/C19H28N2OS/c22-19(21-12-3-7-15-6-1-2-8-16(15)21)14-20-11-4-9-17(20)18-10-5-13-23-18/h5,10,13,15-17H,1-4,6-9,11-12,14H2/t15-,16+,17+/m0/s1. The second kappa shape index (κ2) is 6.94. The normalized spacial score (nSPS) is 32.0. The van der Waals surface area contributed by atoms with Crippen molar-refractivity contribution < 1.29 is 4.79 Å². The molecule has 1 aliphatic carbocycles. The molecule has 0 bridgehead atoms. The molecular weight excluding hydrogens is 304 g/mol. The van der Waals surface area contributed by atoms with Crippen LogP contribution in [-0.4, -0.2) is 41.4 Å². The van der Waals surface area contributed by atoms with Crippen LogP contribution in [0, 0.1) is 5.92 Å². The van der Waals surface area contributed by atoms with Crippen LogP contribution >= 0.6 is 11.3 Å². The van der Waals surface area contributed by atoms with Gasteiger partial charge in [-0.15, -0.1) is 11.3 Å². The van der Waals surface area contributed by atoms with E-state index in [0.29, 0.717) is 24.5 Å². The van der Waals surface area contributed by atoms with E-state index in [9.17, 15) is 4.79 Å². The minimum Gasteiger partial charge on any atom is -0.338 e. The molecule has 3 atom stereocenters. The molecule has 3 heterocycles. The van der Waals surface area contributed by atoms with Gasteiger partial charge in [0, 0.05) is 23.5 Å². The monoisotopic (exact) mass is 332 g/mol. The largest absolute Gasteiger partial charge is 0.338 e. The minimum atomic E-state index is 0.394. The maximum atomic E-state index is 13.0. The van der Waals surface area contributed by atoms with Crippen molar-refractivity contribution in [1.29, 1.82) is 0 Å². The van der Waals surface area contributed by atoms with Gasteiger partial charge in [-0.25, -0.2) is 0 Å². The highest BCUT2D eigenvalue weighted by Crippen LogP contribution is 2.37. The van der Waals surface area contributed by atoms with Crippen LogP contribution in [0.2, 0.25) is 0 Å². The number of thiophene rings is 1. The van der Waals surface area contributed by atoms with Crippen LogP contribution in [0.5, 0.6) is 0 Å². The Hall–Kier alpha value is -0.870. The summed E-state index contributed by atoms with van der Waals surface area (Å²) < 4.78 is 0. The topological polar surface area (TPSA) is 23.6 Å². The van der Waals surface area contributed by atoms with E-state index in [4.69, 9.17) is 0 Å². The van der Waals surface area contributed by atoms with Crippen molar-refractivity contribution in [3.63, 3.8) is 0 Å². The van der Waals surface area contributed by atoms with Crippen LogP contribution in [0.3, 0.4) is 0 Å². The van der Waals surface area contributed by atoms with Gasteiger partial charge in [-0.3, -0.25) is 9.69 Å². The van der Waals surface area contributed by atoms with Gasteiger partial charge in [0.1, 0.15) is 0 Å². The third-order valence-electron chi connectivity index (χ3n) is 6.14. The first-order valence-corrected chi connectivity index (χ1v) is 10.3. The summed E-state index contributed by atoms with van der Waals surface area (Å²) in [6.07, 6.45) is 10.3. The predicted octanol–water partition coefficient (Wildman–Crippen LogP) is 4.07. The molecule has 23 heavy (non-hydrogen) atoms. The van der Waals surface area contributed by atoms with Gasteiger partial charge >= 0.3 is 0 Å². The second-order valence-electron chi connectivity index (χ2n) is 7.49. The fourth-order valence-corrected chi connectivity index (χ4v) is 5.91. The van der Waals surface area contributed by atoms with Gasteiger partial charge in [-0.2, -0.15) is 0 Å². The summed E-state index contributed by atoms with van der Waals surface area (Å²) in [5, 5.41) is 2.16. The molecule has 1 amide bonds. The number of hydrogen-bond donors (Lipinski definition) is 0. The molecule has 0 unspecified atom stereocenters. The number of nitrogens with zero attached hydrogens (tertiary/aromatic N) is 2. The van der Waals surface area contributed by atoms with Gasteiger partial charge in [-0.1, -0.05) is 18.9 Å². The average Bonchev–Trinajstić information content (AvgIpc) is 3.25. The Morgan fingerprint density at radius 3 is 2.78 bits per heavy atom. The van der Waals surface area contributed by atoms with Gasteiger partial charge in [-0.05, 0) is 62.4 Å². The number of piperidine rings is 1. The number of hydrogen-bond acceptors (Lipinski definition) is 3. The molecule has 3 fully saturated rings. The highest BCUT2D eigenvalue weighted by atomic mass is 32.1. The van der Waals surface area contributed by atoms with E-state index in [1.165, 1.54) is 56.2 Å². The number of amides is 1. The molecule has 3 nitrogen and oxygen atoms in total. The van der Waals surface area contributed by atoms with Crippen molar-refractivity contribution in [2.75, 3.05) is 19.6 Å². The molecule has 1 saturated carbocycles. The third kappa shape index (κ3) is 3.20. The SMILES string of the molecule is O=C(CN1CCC[C@@H]1c1cccs1)N1CCC[C@@H]2CCCC[C@H]21. The summed E-state index contributed by atoms with van der Waals surface area (Å²) in [6, 6.07) is 5.39. The average molecular weight is 333 g/mol. The molecule has 3 aliphatic rings. The lowest BCUT2D eigenvalue weighted by Gasteiger charge is -2.44. The minimum absolute atomic E-state index is 0.394. The van der Waals surface area contributed by atoms with E-state index < -0.39 is 0 Å². The first-order valence-electron chi connectivity index (χ1n) is 9.40. The van der Waals surface area contributed by atoms with Crippen LogP contribution in [0.4, 0.5) is 0 Å². The lowest BCUT2D eigenvalue weighted by atomic mass is 9.78. The van der Waals surface area contributed by atoms with Crippen LogP contribution in [0.15, 0.2) is 17.5 Å². The molecule has 0 radical (unpaired) electrons. The summed E-state index contributed by atoms with van der Waals surface area (Å²) in [5.74, 6) is 1.18. The van der Waals surface area contributed by atoms with E-state index in [-0.39, 0.29) is 0 Å². The van der Waals surface area contributed by atoms with E-state index in [0.717, 1.165) is 19.0 Å². The number of carbonyl (C=O) groups is 1. The van der Waals surface area contributed by atoms with Gasteiger partial charge in [0.25, 0.3) is 0 Å². The van der Waals surface area contributed by atoms with Crippen molar-refractivity contribution in [1.82, 2.24) is 9.80 Å². The molecule has 1 aromatic rings. The third-order valence-corrected chi connectivity index (χ3v) is 7.11. The van der Waals surface area contributed by atoms with Gasteiger partial charge in [0.2, 0.25) is 5.91 Å². The number of likely N-dealkylation sites (tertiary alicyclic amines) is 2. The Labute approximate surface area is 143 Å². The number of fused-ring (bicyclic) bond motifs is 1. The number of rotatable bonds is 3. The van der Waals surface area contributed by atoms with Gasteiger partial charge in [0.05, 0.1) is 6.54 Å². The van der Waals surface area contributed by atoms with Crippen molar-refractivity contribution in [3.05, 3.63) is 22.4 Å². The molecule has 2 saturated heterocycles. The molecule has 0 spiro atoms.